The van der Waals surface area contributed by atoms with Gasteiger partial charge in [-0.05, 0) is 102 Å². The van der Waals surface area contributed by atoms with Gasteiger partial charge in [0.2, 0.25) is 0 Å². The number of hydrogen-bond acceptors (Lipinski definition) is 6. The lowest BCUT2D eigenvalue weighted by molar-refractivity contribution is 0.489. The third-order valence-corrected chi connectivity index (χ3v) is 9.90. The molecule has 0 saturated carbocycles. The quantitative estimate of drug-likeness (QED) is 0.0410. The molecular formula is C45H59Cl2N7. The number of nitrogens with one attached hydrogen (secondary N) is 4. The summed E-state index contributed by atoms with van der Waals surface area (Å²) in [7, 11) is 7.87. The summed E-state index contributed by atoms with van der Waals surface area (Å²) in [5.74, 6) is 0. The number of allylic oxidation sites excluding steroid dienone is 3. The Hall–Kier alpha value is -4.24. The minimum absolute atomic E-state index is 0.343. The fourth-order valence-corrected chi connectivity index (χ4v) is 6.58. The van der Waals surface area contributed by atoms with Crippen molar-refractivity contribution in [3.05, 3.63) is 144 Å². The zero-order valence-electron chi connectivity index (χ0n) is 32.8. The molecule has 0 aliphatic rings. The van der Waals surface area contributed by atoms with E-state index in [0.717, 1.165) is 102 Å². The Bertz CT molecular complexity index is 1910. The maximum Gasteiger partial charge on any atom is 0.132 e. The van der Waals surface area contributed by atoms with E-state index in [0.29, 0.717) is 16.1 Å². The highest BCUT2D eigenvalue weighted by atomic mass is 35.5. The van der Waals surface area contributed by atoms with Crippen molar-refractivity contribution in [3.8, 4) is 33.5 Å². The number of rotatable bonds is 20. The van der Waals surface area contributed by atoms with Crippen LogP contribution in [0.4, 0.5) is 0 Å². The molecule has 1 unspecified atom stereocenters. The molecule has 288 valence electrons. The van der Waals surface area contributed by atoms with Gasteiger partial charge in [-0.2, -0.15) is 0 Å². The monoisotopic (exact) mass is 767 g/mol. The summed E-state index contributed by atoms with van der Waals surface area (Å²) in [6.07, 6.45) is 15.8. The minimum Gasteiger partial charge on any atom is -0.382 e. The van der Waals surface area contributed by atoms with Crippen LogP contribution in [0.15, 0.2) is 122 Å². The van der Waals surface area contributed by atoms with E-state index >= 15 is 0 Å². The van der Waals surface area contributed by atoms with Gasteiger partial charge in [0.25, 0.3) is 0 Å². The maximum absolute atomic E-state index is 7.16. The minimum atomic E-state index is 0.343. The molecule has 0 amide bonds. The molecule has 4 aromatic rings. The van der Waals surface area contributed by atoms with E-state index in [-0.39, 0.29) is 0 Å². The highest BCUT2D eigenvalue weighted by Gasteiger charge is 2.17. The molecule has 54 heavy (non-hydrogen) atoms. The molecule has 0 aliphatic carbocycles. The van der Waals surface area contributed by atoms with Crippen molar-refractivity contribution in [1.82, 2.24) is 30.8 Å². The lowest BCUT2D eigenvalue weighted by atomic mass is 9.97. The molecule has 7 nitrogen and oxygen atoms in total. The molecule has 0 spiro atoms. The molecule has 2 aromatic carbocycles. The van der Waals surface area contributed by atoms with Crippen molar-refractivity contribution in [1.29, 1.82) is 0 Å². The molecule has 0 aliphatic heterocycles. The number of halogens is 2. The molecule has 0 radical (unpaired) electrons. The standard InChI is InChI=1S/C39H46Cl2N6.C6H13N/c1-7-10-11-14-30(43-5)26-44-29(8-2)25-45-37-23-27(21-22-47(37)6)31-15-12-16-32(38(31)40)33-17-13-18-34(39(33)41)36-20-19-28(24-42-4)35(9-3)46-36;1-3-4-5-6-7-2/h7-8,12-13,15-23,25,30,42-44H,1-2,9-11,14,24,26H2,3-6H3;3,7H,1,4-6H2,2H3/b29-25+,45-37?;. The van der Waals surface area contributed by atoms with Gasteiger partial charge in [0, 0.05) is 60.3 Å². The topological polar surface area (TPSA) is 78.3 Å². The van der Waals surface area contributed by atoms with E-state index in [9.17, 15) is 0 Å². The van der Waals surface area contributed by atoms with Gasteiger partial charge in [-0.3, -0.25) is 4.98 Å². The average Bonchev–Trinajstić information content (AvgIpc) is 3.19. The van der Waals surface area contributed by atoms with Gasteiger partial charge in [-0.25, -0.2) is 4.99 Å². The van der Waals surface area contributed by atoms with Gasteiger partial charge in [-0.1, -0.05) is 91.3 Å². The Morgan fingerprint density at radius 1 is 0.870 bits per heavy atom. The molecule has 0 bridgehead atoms. The van der Waals surface area contributed by atoms with Crippen molar-refractivity contribution >= 4 is 23.2 Å². The van der Waals surface area contributed by atoms with Crippen LogP contribution >= 0.6 is 23.2 Å². The lowest BCUT2D eigenvalue weighted by Crippen LogP contribution is -2.35. The Balaban J connectivity index is 0.00000102. The molecule has 9 heteroatoms. The molecule has 2 aromatic heterocycles. The second kappa shape index (κ2) is 24.2. The van der Waals surface area contributed by atoms with Gasteiger partial charge in [0.15, 0.2) is 0 Å². The Morgan fingerprint density at radius 3 is 2.17 bits per heavy atom. The van der Waals surface area contributed by atoms with Crippen LogP contribution < -0.4 is 26.8 Å². The Kier molecular flexibility index (Phi) is 19.8. The van der Waals surface area contributed by atoms with Crippen molar-refractivity contribution < 1.29 is 0 Å². The first kappa shape index (κ1) is 44.2. The number of pyridine rings is 2. The predicted molar refractivity (Wildman–Crippen MR) is 234 cm³/mol. The van der Waals surface area contributed by atoms with Crippen LogP contribution in [0.25, 0.3) is 33.5 Å². The summed E-state index contributed by atoms with van der Waals surface area (Å²) in [5.41, 5.74) is 9.16. The van der Waals surface area contributed by atoms with E-state index in [2.05, 4.69) is 54.0 Å². The van der Waals surface area contributed by atoms with E-state index in [1.165, 1.54) is 12.0 Å². The molecule has 4 rings (SSSR count). The molecule has 0 saturated heterocycles. The fourth-order valence-electron chi connectivity index (χ4n) is 5.92. The van der Waals surface area contributed by atoms with Gasteiger partial charge >= 0.3 is 0 Å². The summed E-state index contributed by atoms with van der Waals surface area (Å²) < 4.78 is 1.98. The van der Waals surface area contributed by atoms with Crippen LogP contribution in [0.3, 0.4) is 0 Å². The van der Waals surface area contributed by atoms with E-state index in [1.807, 2.05) is 112 Å². The summed E-state index contributed by atoms with van der Waals surface area (Å²) in [5, 5.41) is 14.4. The molecule has 2 heterocycles. The second-order valence-electron chi connectivity index (χ2n) is 12.9. The third-order valence-electron chi connectivity index (χ3n) is 9.08. The average molecular weight is 769 g/mol. The first-order chi connectivity index (χ1) is 26.3. The van der Waals surface area contributed by atoms with Gasteiger partial charge in [0.05, 0.1) is 27.6 Å². The van der Waals surface area contributed by atoms with Crippen molar-refractivity contribution in [2.45, 2.75) is 58.0 Å². The third kappa shape index (κ3) is 13.0. The molecular weight excluding hydrogens is 709 g/mol. The Morgan fingerprint density at radius 2 is 1.54 bits per heavy atom. The maximum atomic E-state index is 7.16. The Labute approximate surface area is 334 Å². The van der Waals surface area contributed by atoms with Crippen molar-refractivity contribution in [2.24, 2.45) is 12.0 Å². The van der Waals surface area contributed by atoms with E-state index < -0.39 is 0 Å². The zero-order valence-corrected chi connectivity index (χ0v) is 34.3. The van der Waals surface area contributed by atoms with Crippen LogP contribution in [0, 0.1) is 0 Å². The highest BCUT2D eigenvalue weighted by molar-refractivity contribution is 6.39. The first-order valence-electron chi connectivity index (χ1n) is 18.8. The molecule has 1 atom stereocenters. The van der Waals surface area contributed by atoms with Crippen LogP contribution in [-0.4, -0.2) is 49.8 Å². The number of nitrogens with zero attached hydrogens (tertiary/aromatic N) is 3. The van der Waals surface area contributed by atoms with Gasteiger partial charge in [-0.15, -0.1) is 13.2 Å². The number of hydrogen-bond donors (Lipinski definition) is 4. The van der Waals surface area contributed by atoms with E-state index in [4.69, 9.17) is 33.2 Å². The predicted octanol–water partition coefficient (Wildman–Crippen LogP) is 9.64. The smallest absolute Gasteiger partial charge is 0.132 e. The van der Waals surface area contributed by atoms with Crippen molar-refractivity contribution in [3.63, 3.8) is 0 Å². The molecule has 4 N–H and O–H groups in total. The van der Waals surface area contributed by atoms with Crippen LogP contribution in [0.2, 0.25) is 10.0 Å². The lowest BCUT2D eigenvalue weighted by Gasteiger charge is -2.17. The van der Waals surface area contributed by atoms with E-state index in [1.54, 1.807) is 6.08 Å². The molecule has 0 fully saturated rings. The highest BCUT2D eigenvalue weighted by Crippen LogP contribution is 2.42. The number of aryl methyl sites for hydroxylation is 2. The van der Waals surface area contributed by atoms with Gasteiger partial charge in [0.1, 0.15) is 5.49 Å². The second-order valence-corrected chi connectivity index (χ2v) is 13.7. The van der Waals surface area contributed by atoms with Crippen molar-refractivity contribution in [2.75, 3.05) is 34.2 Å². The van der Waals surface area contributed by atoms with Crippen LogP contribution in [-0.2, 0) is 20.0 Å². The largest absolute Gasteiger partial charge is 0.382 e. The number of unbranched alkanes of at least 4 members (excludes halogenated alkanes) is 2. The fraction of sp³-hybridized carbons (Fsp3) is 0.333. The zero-order chi connectivity index (χ0) is 39.3. The summed E-state index contributed by atoms with van der Waals surface area (Å²) in [6.45, 7) is 16.2. The normalized spacial score (nSPS) is 12.1. The summed E-state index contributed by atoms with van der Waals surface area (Å²) in [6, 6.07) is 20.6. The summed E-state index contributed by atoms with van der Waals surface area (Å²) >= 11 is 14.3. The SMILES string of the molecule is C=CCCCC(CN/C(C=C)=C/N=c1cc(-c2cccc(-c3cccc(-c4ccc(CNC)c(CC)n4)c3Cl)c2Cl)ccn1C)NC.C=CCCCNC. The summed E-state index contributed by atoms with van der Waals surface area (Å²) in [4.78, 5) is 9.77. The first-order valence-corrected chi connectivity index (χ1v) is 19.5. The van der Waals surface area contributed by atoms with Crippen LogP contribution in [0.5, 0.6) is 0 Å². The number of benzene rings is 2. The van der Waals surface area contributed by atoms with Crippen LogP contribution in [0.1, 0.15) is 50.3 Å². The van der Waals surface area contributed by atoms with Gasteiger partial charge < -0.3 is 25.8 Å². The number of likely N-dealkylation sites (N-methyl/N-ethyl adjacent to an activating group) is 1. The number of aromatic nitrogens is 2.